The zero-order valence-corrected chi connectivity index (χ0v) is 13.9. The van der Waals surface area contributed by atoms with Gasteiger partial charge in [0.2, 0.25) is 0 Å². The second-order valence-corrected chi connectivity index (χ2v) is 7.68. The summed E-state index contributed by atoms with van der Waals surface area (Å²) in [7, 11) is 0. The number of halogens is 1. The van der Waals surface area contributed by atoms with Gasteiger partial charge in [-0.3, -0.25) is 4.90 Å². The van der Waals surface area contributed by atoms with Gasteiger partial charge in [-0.1, -0.05) is 35.9 Å². The average molecular weight is 317 g/mol. The normalized spacial score (nSPS) is 32.0. The van der Waals surface area contributed by atoms with Crippen molar-refractivity contribution in [2.24, 2.45) is 17.8 Å². The van der Waals surface area contributed by atoms with E-state index in [1.807, 2.05) is 12.1 Å². The Balaban J connectivity index is 1.24. The Kier molecular flexibility index (Phi) is 4.25. The van der Waals surface area contributed by atoms with Crippen molar-refractivity contribution in [1.82, 2.24) is 9.80 Å². The maximum atomic E-state index is 5.96. The molecule has 4 rings (SSSR count). The molecular formula is C19H25ClN2. The first-order chi connectivity index (χ1) is 10.8. The second-order valence-electron chi connectivity index (χ2n) is 7.24. The van der Waals surface area contributed by atoms with Crippen molar-refractivity contribution in [3.05, 3.63) is 47.0 Å². The molecule has 3 aliphatic rings. The molecule has 1 heterocycles. The van der Waals surface area contributed by atoms with E-state index in [0.717, 1.165) is 29.3 Å². The van der Waals surface area contributed by atoms with Gasteiger partial charge < -0.3 is 4.90 Å². The standard InChI is InChI=1S/C19H25ClN2/c20-19-5-2-15(3-6-19)13-21-7-9-22(10-8-21)14-18-12-16-1-4-17(18)11-16/h1-6,16-18H,7-14H2/t16-,17-,18-/m0/s1. The highest BCUT2D eigenvalue weighted by Gasteiger charge is 2.36. The Morgan fingerprint density at radius 1 is 0.909 bits per heavy atom. The van der Waals surface area contributed by atoms with Crippen LogP contribution in [0.15, 0.2) is 36.4 Å². The number of rotatable bonds is 4. The van der Waals surface area contributed by atoms with Crippen LogP contribution in [0, 0.1) is 17.8 Å². The molecule has 3 heteroatoms. The van der Waals surface area contributed by atoms with Gasteiger partial charge in [0.05, 0.1) is 0 Å². The SMILES string of the molecule is Clc1ccc(CN2CCN(C[C@@H]3C[C@H]4C=C[C@H]3C4)CC2)cc1. The van der Waals surface area contributed by atoms with Gasteiger partial charge in [0, 0.05) is 44.3 Å². The molecule has 22 heavy (non-hydrogen) atoms. The maximum Gasteiger partial charge on any atom is 0.0406 e. The monoisotopic (exact) mass is 316 g/mol. The minimum Gasteiger partial charge on any atom is -0.300 e. The van der Waals surface area contributed by atoms with Crippen LogP contribution in [0.2, 0.25) is 5.02 Å². The number of hydrogen-bond donors (Lipinski definition) is 0. The Hall–Kier alpha value is -0.830. The number of fused-ring (bicyclic) bond motifs is 2. The Morgan fingerprint density at radius 2 is 1.64 bits per heavy atom. The third kappa shape index (κ3) is 3.24. The van der Waals surface area contributed by atoms with Gasteiger partial charge >= 0.3 is 0 Å². The first kappa shape index (κ1) is 14.7. The highest BCUT2D eigenvalue weighted by atomic mass is 35.5. The first-order valence-corrected chi connectivity index (χ1v) is 9.01. The summed E-state index contributed by atoms with van der Waals surface area (Å²) in [5, 5.41) is 0.827. The van der Waals surface area contributed by atoms with Crippen LogP contribution in [-0.4, -0.2) is 42.5 Å². The van der Waals surface area contributed by atoms with E-state index in [1.54, 1.807) is 0 Å². The summed E-state index contributed by atoms with van der Waals surface area (Å²) in [5.74, 6) is 2.72. The van der Waals surface area contributed by atoms with Gasteiger partial charge in [0.25, 0.3) is 0 Å². The van der Waals surface area contributed by atoms with E-state index >= 15 is 0 Å². The van der Waals surface area contributed by atoms with Gasteiger partial charge in [-0.15, -0.1) is 0 Å². The number of allylic oxidation sites excluding steroid dienone is 2. The van der Waals surface area contributed by atoms with Gasteiger partial charge in [-0.2, -0.15) is 0 Å². The maximum absolute atomic E-state index is 5.96. The highest BCUT2D eigenvalue weighted by Crippen LogP contribution is 2.43. The smallest absolute Gasteiger partial charge is 0.0406 e. The summed E-state index contributed by atoms with van der Waals surface area (Å²) < 4.78 is 0. The molecule has 2 aliphatic carbocycles. The summed E-state index contributed by atoms with van der Waals surface area (Å²) in [6, 6.07) is 8.29. The number of piperazine rings is 1. The van der Waals surface area contributed by atoms with Crippen LogP contribution >= 0.6 is 11.6 Å². The van der Waals surface area contributed by atoms with Crippen LogP contribution in [0.25, 0.3) is 0 Å². The van der Waals surface area contributed by atoms with Gasteiger partial charge in [0.15, 0.2) is 0 Å². The number of nitrogens with zero attached hydrogens (tertiary/aromatic N) is 2. The van der Waals surface area contributed by atoms with Gasteiger partial charge in [-0.25, -0.2) is 0 Å². The molecule has 1 aromatic rings. The first-order valence-electron chi connectivity index (χ1n) is 8.64. The summed E-state index contributed by atoms with van der Waals surface area (Å²) in [4.78, 5) is 5.26. The van der Waals surface area contributed by atoms with Crippen molar-refractivity contribution in [1.29, 1.82) is 0 Å². The lowest BCUT2D eigenvalue weighted by Crippen LogP contribution is -2.47. The van der Waals surface area contributed by atoms with E-state index in [2.05, 4.69) is 34.1 Å². The topological polar surface area (TPSA) is 6.48 Å². The van der Waals surface area contributed by atoms with Crippen molar-refractivity contribution in [3.8, 4) is 0 Å². The number of benzene rings is 1. The fraction of sp³-hybridized carbons (Fsp3) is 0.579. The zero-order chi connectivity index (χ0) is 14.9. The third-order valence-corrected chi connectivity index (χ3v) is 5.95. The molecule has 3 atom stereocenters. The van der Waals surface area contributed by atoms with Crippen molar-refractivity contribution >= 4 is 11.6 Å². The molecule has 1 aliphatic heterocycles. The molecule has 2 nitrogen and oxygen atoms in total. The Bertz CT molecular complexity index is 531. The lowest BCUT2D eigenvalue weighted by atomic mass is 9.93. The van der Waals surface area contributed by atoms with E-state index < -0.39 is 0 Å². The van der Waals surface area contributed by atoms with Crippen LogP contribution < -0.4 is 0 Å². The molecule has 0 spiro atoms. The molecule has 0 aromatic heterocycles. The second kappa shape index (κ2) is 6.35. The lowest BCUT2D eigenvalue weighted by molar-refractivity contribution is 0.108. The summed E-state index contributed by atoms with van der Waals surface area (Å²) >= 11 is 5.96. The van der Waals surface area contributed by atoms with E-state index in [4.69, 9.17) is 11.6 Å². The molecule has 1 saturated carbocycles. The molecule has 2 fully saturated rings. The lowest BCUT2D eigenvalue weighted by Gasteiger charge is -2.37. The van der Waals surface area contributed by atoms with Crippen molar-refractivity contribution in [3.63, 3.8) is 0 Å². The molecule has 0 amide bonds. The average Bonchev–Trinajstić information content (AvgIpc) is 3.14. The van der Waals surface area contributed by atoms with Crippen LogP contribution in [-0.2, 0) is 6.54 Å². The van der Waals surface area contributed by atoms with Gasteiger partial charge in [-0.05, 0) is 48.3 Å². The fourth-order valence-electron chi connectivity index (χ4n) is 4.41. The van der Waals surface area contributed by atoms with Crippen LogP contribution in [0.1, 0.15) is 18.4 Å². The minimum atomic E-state index is 0.827. The Labute approximate surface area is 138 Å². The minimum absolute atomic E-state index is 0.827. The van der Waals surface area contributed by atoms with Crippen molar-refractivity contribution in [2.75, 3.05) is 32.7 Å². The molecular weight excluding hydrogens is 292 g/mol. The number of hydrogen-bond acceptors (Lipinski definition) is 2. The third-order valence-electron chi connectivity index (χ3n) is 5.69. The van der Waals surface area contributed by atoms with Crippen molar-refractivity contribution in [2.45, 2.75) is 19.4 Å². The van der Waals surface area contributed by atoms with Crippen LogP contribution in [0.3, 0.4) is 0 Å². The molecule has 1 saturated heterocycles. The van der Waals surface area contributed by atoms with E-state index in [9.17, 15) is 0 Å². The Morgan fingerprint density at radius 3 is 2.27 bits per heavy atom. The van der Waals surface area contributed by atoms with Crippen LogP contribution in [0.5, 0.6) is 0 Å². The molecule has 0 unspecified atom stereocenters. The largest absolute Gasteiger partial charge is 0.300 e. The molecule has 1 aromatic carbocycles. The van der Waals surface area contributed by atoms with E-state index in [-0.39, 0.29) is 0 Å². The fourth-order valence-corrected chi connectivity index (χ4v) is 4.54. The zero-order valence-electron chi connectivity index (χ0n) is 13.1. The van der Waals surface area contributed by atoms with E-state index in [0.29, 0.717) is 0 Å². The molecule has 2 bridgehead atoms. The molecule has 118 valence electrons. The highest BCUT2D eigenvalue weighted by molar-refractivity contribution is 6.30. The van der Waals surface area contributed by atoms with Crippen molar-refractivity contribution < 1.29 is 0 Å². The summed E-state index contributed by atoms with van der Waals surface area (Å²) in [6.45, 7) is 7.22. The van der Waals surface area contributed by atoms with Gasteiger partial charge in [0.1, 0.15) is 0 Å². The predicted octanol–water partition coefficient (Wildman–Crippen LogP) is 3.67. The van der Waals surface area contributed by atoms with Crippen LogP contribution in [0.4, 0.5) is 0 Å². The summed E-state index contributed by atoms with van der Waals surface area (Å²) in [6.07, 6.45) is 7.80. The molecule has 0 N–H and O–H groups in total. The predicted molar refractivity (Wildman–Crippen MR) is 92.0 cm³/mol. The quantitative estimate of drug-likeness (QED) is 0.782. The summed E-state index contributed by atoms with van der Waals surface area (Å²) in [5.41, 5.74) is 1.37. The molecule has 0 radical (unpaired) electrons. The van der Waals surface area contributed by atoms with E-state index in [1.165, 1.54) is 51.1 Å².